The summed E-state index contributed by atoms with van der Waals surface area (Å²) in [4.78, 5) is 119. The van der Waals surface area contributed by atoms with Gasteiger partial charge in [0, 0.05) is 121 Å². The van der Waals surface area contributed by atoms with Gasteiger partial charge in [-0.15, -0.1) is 10.1 Å². The number of carbonyl (C=O) groups is 6. The summed E-state index contributed by atoms with van der Waals surface area (Å²) in [6.45, 7) is 29.1. The molecule has 4 amide bonds. The molecule has 6 heterocycles. The van der Waals surface area contributed by atoms with Gasteiger partial charge in [0.1, 0.15) is 19.6 Å². The summed E-state index contributed by atoms with van der Waals surface area (Å²) in [7, 11) is -8.69. The number of allylic oxidation sites excluding steroid dienone is 7. The van der Waals surface area contributed by atoms with Crippen LogP contribution in [0.3, 0.4) is 0 Å². The molecule has 492 valence electrons. The van der Waals surface area contributed by atoms with Crippen molar-refractivity contribution in [3.8, 4) is 0 Å². The van der Waals surface area contributed by atoms with Crippen LogP contribution in [0, 0.1) is 0 Å². The fourth-order valence-electron chi connectivity index (χ4n) is 14.2. The van der Waals surface area contributed by atoms with Crippen LogP contribution in [-0.2, 0) is 38.0 Å². The van der Waals surface area contributed by atoms with Crippen molar-refractivity contribution >= 4 is 106 Å². The topological polar surface area (TPSA) is 220 Å². The van der Waals surface area contributed by atoms with Gasteiger partial charge in [0.15, 0.2) is 5.54 Å². The molecule has 0 bridgehead atoms. The number of nitrogens with zero attached hydrogens (tertiary/aromatic N) is 6. The van der Waals surface area contributed by atoms with Gasteiger partial charge >= 0.3 is 11.9 Å². The van der Waals surface area contributed by atoms with E-state index in [1.54, 1.807) is 72.8 Å². The zero-order valence-corrected chi connectivity index (χ0v) is 55.9. The van der Waals surface area contributed by atoms with Crippen molar-refractivity contribution in [2.24, 2.45) is 0 Å². The lowest BCUT2D eigenvalue weighted by Crippen LogP contribution is -2.52. The van der Waals surface area contributed by atoms with Gasteiger partial charge in [-0.3, -0.25) is 19.2 Å². The first-order valence-electron chi connectivity index (χ1n) is 31.5. The number of hydrogen-bond acceptors (Lipinski definition) is 14. The van der Waals surface area contributed by atoms with Gasteiger partial charge in [0.2, 0.25) is 11.1 Å². The lowest BCUT2D eigenvalue weighted by atomic mass is 9.85. The highest BCUT2D eigenvalue weighted by atomic mass is 31.2. The predicted molar refractivity (Wildman–Crippen MR) is 367 cm³/mol. The number of amides is 4. The van der Waals surface area contributed by atoms with E-state index in [2.05, 4.69) is 86.5 Å². The van der Waals surface area contributed by atoms with Crippen molar-refractivity contribution in [1.82, 2.24) is 14.7 Å². The van der Waals surface area contributed by atoms with Crippen LogP contribution in [0.4, 0.5) is 11.4 Å². The Bertz CT molecular complexity index is 4490. The minimum atomic E-state index is -4.37. The number of imide groups is 2. The van der Waals surface area contributed by atoms with E-state index in [0.717, 1.165) is 50.3 Å². The third-order valence-electron chi connectivity index (χ3n) is 18.6. The first kappa shape index (κ1) is 69.7. The van der Waals surface area contributed by atoms with Crippen LogP contribution in [0.2, 0.25) is 0 Å². The normalized spacial score (nSPS) is 20.2. The Morgan fingerprint density at radius 1 is 0.628 bits per heavy atom. The molecule has 0 saturated carbocycles. The summed E-state index contributed by atoms with van der Waals surface area (Å²) in [6, 6.07) is 26.5. The Kier molecular flexibility index (Phi) is 19.5. The van der Waals surface area contributed by atoms with Gasteiger partial charge in [0.25, 0.3) is 23.6 Å². The van der Waals surface area contributed by atoms with E-state index in [-0.39, 0.29) is 84.0 Å². The van der Waals surface area contributed by atoms with Crippen molar-refractivity contribution in [3.05, 3.63) is 187 Å². The monoisotopic (exact) mass is 1310 g/mol. The van der Waals surface area contributed by atoms with Gasteiger partial charge in [0.05, 0.1) is 31.4 Å². The number of anilines is 2. The van der Waals surface area contributed by atoms with Crippen LogP contribution in [0.1, 0.15) is 178 Å². The maximum absolute atomic E-state index is 14.9. The molecule has 5 aromatic carbocycles. The quantitative estimate of drug-likeness (QED) is 0.0611. The Hall–Kier alpha value is -8.66. The van der Waals surface area contributed by atoms with Gasteiger partial charge in [-0.05, 0) is 185 Å². The van der Waals surface area contributed by atoms with E-state index < -0.39 is 50.3 Å². The fraction of sp³-hybridized carbons (Fsp3) is 0.351. The number of hydrogen-bond donors (Lipinski definition) is 0. The molecule has 12 rings (SSSR count). The molecule has 0 aromatic heterocycles. The number of rotatable bonds is 13. The molecule has 7 aliphatic rings. The molecule has 94 heavy (non-hydrogen) atoms. The standard InChI is InChI=1S/C40H42N3O6P.C32H34N3O6P.2CH4/c1-9-41-31-19-33-29(17-27(31)23(3)21-39(41,5)6)37(25-11-13-26(14-12-25)38(46)49-43-35(44)15-16-36(43)45)30-18-28-24(4)22-40(7,8)42(10-2)32(28)20-34(30)50(33,47)48;1-5-33(6-2)21-13-15-25-27(19-21)42(39,40)28-20-22(34(7-3)8-4)14-16-26(28)31(25)23-11-9-10-12-24(23)32(38)41-35-29(36)17-18-30(35)37;;/h11-14,17-22H,9-10,15-16H2,1-8H3;9-16,19-20H,5-8,17-18H2,1-4H3;2*1H4. The Labute approximate surface area is 550 Å². The number of carbonyl (C=O) groups excluding carboxylic acids is 6. The summed E-state index contributed by atoms with van der Waals surface area (Å²) in [5, 5.41) is 3.43. The highest BCUT2D eigenvalue weighted by Gasteiger charge is 2.41. The lowest BCUT2D eigenvalue weighted by molar-refractivity contribution is -0.519. The minimum absolute atomic E-state index is 0. The molecule has 2 unspecified atom stereocenters. The predicted octanol–water partition coefficient (Wildman–Crippen LogP) is 8.84. The molecule has 0 N–H and O–H groups in total. The zero-order chi connectivity index (χ0) is 66.3. The average molecular weight is 1310 g/mol. The number of hydroxylamine groups is 4. The van der Waals surface area contributed by atoms with Gasteiger partial charge in [-0.1, -0.05) is 57.3 Å². The highest BCUT2D eigenvalue weighted by Crippen LogP contribution is 2.57. The first-order chi connectivity index (χ1) is 43.6. The maximum atomic E-state index is 14.9. The zero-order valence-electron chi connectivity index (χ0n) is 54.1. The van der Waals surface area contributed by atoms with Crippen LogP contribution < -0.4 is 50.7 Å². The smallest absolute Gasteiger partial charge is 0.364 e. The molecule has 5 aromatic rings. The van der Waals surface area contributed by atoms with E-state index in [9.17, 15) is 47.7 Å². The van der Waals surface area contributed by atoms with E-state index in [1.165, 1.54) is 0 Å². The molecule has 2 fully saturated rings. The fourth-order valence-corrected chi connectivity index (χ4v) is 17.9. The van der Waals surface area contributed by atoms with Gasteiger partial charge < -0.3 is 38.4 Å². The molecule has 2 saturated heterocycles. The molecule has 1 aliphatic carbocycles. The molecule has 0 radical (unpaired) electrons. The van der Waals surface area contributed by atoms with E-state index >= 15 is 0 Å². The molecule has 18 nitrogen and oxygen atoms in total. The SMILES string of the molecule is C.C.CCN(CC)c1ccc2c(c1)P(=O)([O-])C1=CC(=[N+](CC)CC)C=CC1=C2c1ccccc1C(=O)ON1C(=O)CCC1=O.CCN1c2cc3c(cc2C(C)=CC1(C)C)C(c1ccc(C(=O)ON2C(=O)CCC2=O)cc1)=c1cc2c(cc1P3(=O)[O-])=[N+](CC)C(C)(C)C=C2C. The molecular weight excluding hydrogens is 1230 g/mol. The van der Waals surface area contributed by atoms with Crippen molar-refractivity contribution in [3.63, 3.8) is 0 Å². The Balaban J connectivity index is 0.000000220. The lowest BCUT2D eigenvalue weighted by Gasteiger charge is -2.44. The number of fused-ring (bicyclic) bond motifs is 6. The van der Waals surface area contributed by atoms with Crippen LogP contribution in [0.5, 0.6) is 0 Å². The second-order valence-corrected chi connectivity index (χ2v) is 29.0. The van der Waals surface area contributed by atoms with Crippen LogP contribution in [0.15, 0.2) is 132 Å². The average Bonchev–Trinajstić information content (AvgIpc) is 0.752. The second kappa shape index (κ2) is 26.3. The summed E-state index contributed by atoms with van der Waals surface area (Å²) in [5.41, 5.74) is 10.2. The van der Waals surface area contributed by atoms with Crippen molar-refractivity contribution in [2.75, 3.05) is 49.1 Å². The van der Waals surface area contributed by atoms with Gasteiger partial charge in [-0.25, -0.2) is 18.7 Å². The van der Waals surface area contributed by atoms with E-state index in [4.69, 9.17) is 9.68 Å². The van der Waals surface area contributed by atoms with E-state index in [1.807, 2.05) is 64.1 Å². The van der Waals surface area contributed by atoms with Crippen molar-refractivity contribution in [1.29, 1.82) is 0 Å². The Morgan fingerprint density at radius 3 is 1.80 bits per heavy atom. The summed E-state index contributed by atoms with van der Waals surface area (Å²) < 4.78 is 33.5. The minimum Gasteiger partial charge on any atom is -0.793 e. The molecule has 0 spiro atoms. The van der Waals surface area contributed by atoms with Crippen molar-refractivity contribution in [2.45, 2.75) is 135 Å². The maximum Gasteiger partial charge on any atom is 0.364 e. The van der Waals surface area contributed by atoms with Crippen LogP contribution >= 0.6 is 14.7 Å². The first-order valence-corrected chi connectivity index (χ1v) is 34.8. The highest BCUT2D eigenvalue weighted by molar-refractivity contribution is 7.72. The molecule has 2 atom stereocenters. The number of likely N-dealkylation sites (N-methyl/N-ethyl adjacent to an activating group) is 2. The summed E-state index contributed by atoms with van der Waals surface area (Å²) >= 11 is 0. The molecule has 20 heteroatoms. The van der Waals surface area contributed by atoms with E-state index in [0.29, 0.717) is 88.0 Å². The van der Waals surface area contributed by atoms with Crippen molar-refractivity contribution < 1.29 is 61.9 Å². The Morgan fingerprint density at radius 2 is 1.21 bits per heavy atom. The molecule has 6 aliphatic heterocycles. The summed E-state index contributed by atoms with van der Waals surface area (Å²) in [5.74, 6) is -3.96. The summed E-state index contributed by atoms with van der Waals surface area (Å²) in [6.07, 6.45) is 9.81. The third-order valence-corrected chi connectivity index (χ3v) is 22.6. The number of benzene rings is 5. The largest absolute Gasteiger partial charge is 0.793 e. The van der Waals surface area contributed by atoms with Crippen LogP contribution in [0.25, 0.3) is 22.3 Å². The second-order valence-electron chi connectivity index (χ2n) is 24.9. The van der Waals surface area contributed by atoms with Gasteiger partial charge in [-0.2, -0.15) is 0 Å². The van der Waals surface area contributed by atoms with Crippen LogP contribution in [-0.4, -0.2) is 106 Å². The third kappa shape index (κ3) is 11.9. The molecular formula is C74H84N6O12P2.